The lowest BCUT2D eigenvalue weighted by molar-refractivity contribution is 0.0378. The highest BCUT2D eigenvalue weighted by atomic mass is 79.9. The molecule has 0 aliphatic carbocycles. The standard InChI is InChI=1S/C15H25BrN4O/c1-15(2,3)14-18-12(16)11-13(19-14)17-5-4-6-20-7-9-21-10-8-20/h11H,4-10H2,1-3H3,(H,17,18,19). The number of halogens is 1. The first kappa shape index (κ1) is 16.6. The number of hydrogen-bond acceptors (Lipinski definition) is 5. The van der Waals surface area contributed by atoms with E-state index in [0.29, 0.717) is 0 Å². The van der Waals surface area contributed by atoms with Gasteiger partial charge in [0.2, 0.25) is 0 Å². The number of aromatic nitrogens is 2. The quantitative estimate of drug-likeness (QED) is 0.649. The Balaban J connectivity index is 1.81. The van der Waals surface area contributed by atoms with Crippen LogP contribution < -0.4 is 5.32 Å². The molecule has 1 saturated heterocycles. The van der Waals surface area contributed by atoms with E-state index >= 15 is 0 Å². The van der Waals surface area contributed by atoms with E-state index in [0.717, 1.165) is 62.1 Å². The molecule has 1 aromatic heterocycles. The van der Waals surface area contributed by atoms with Crippen LogP contribution in [0.25, 0.3) is 0 Å². The Morgan fingerprint density at radius 3 is 2.67 bits per heavy atom. The first-order chi connectivity index (χ1) is 9.95. The number of morpholine rings is 1. The van der Waals surface area contributed by atoms with Crippen molar-refractivity contribution in [3.05, 3.63) is 16.5 Å². The molecule has 1 aliphatic heterocycles. The van der Waals surface area contributed by atoms with Crippen LogP contribution in [0.5, 0.6) is 0 Å². The maximum absolute atomic E-state index is 5.35. The first-order valence-electron chi connectivity index (χ1n) is 7.54. The molecule has 6 heteroatoms. The molecule has 1 N–H and O–H groups in total. The summed E-state index contributed by atoms with van der Waals surface area (Å²) >= 11 is 3.46. The van der Waals surface area contributed by atoms with Crippen LogP contribution in [0.2, 0.25) is 0 Å². The molecule has 2 heterocycles. The number of rotatable bonds is 5. The molecule has 1 aliphatic rings. The summed E-state index contributed by atoms with van der Waals surface area (Å²) in [6, 6.07) is 1.93. The van der Waals surface area contributed by atoms with Gasteiger partial charge in [-0.3, -0.25) is 4.90 Å². The van der Waals surface area contributed by atoms with Crippen molar-refractivity contribution in [3.63, 3.8) is 0 Å². The normalized spacial score (nSPS) is 17.0. The molecule has 21 heavy (non-hydrogen) atoms. The van der Waals surface area contributed by atoms with E-state index in [1.807, 2.05) is 6.07 Å². The minimum absolute atomic E-state index is 0.0476. The van der Waals surface area contributed by atoms with Crippen LogP contribution in [0.3, 0.4) is 0 Å². The Morgan fingerprint density at radius 1 is 1.29 bits per heavy atom. The third kappa shape index (κ3) is 5.52. The molecular weight excluding hydrogens is 332 g/mol. The van der Waals surface area contributed by atoms with Crippen molar-refractivity contribution in [1.82, 2.24) is 14.9 Å². The summed E-state index contributed by atoms with van der Waals surface area (Å²) in [5.74, 6) is 1.75. The number of nitrogens with zero attached hydrogens (tertiary/aromatic N) is 3. The highest BCUT2D eigenvalue weighted by Crippen LogP contribution is 2.22. The van der Waals surface area contributed by atoms with Gasteiger partial charge in [-0.15, -0.1) is 0 Å². The Hall–Kier alpha value is -0.720. The summed E-state index contributed by atoms with van der Waals surface area (Å²) in [6.07, 6.45) is 1.10. The number of hydrogen-bond donors (Lipinski definition) is 1. The lowest BCUT2D eigenvalue weighted by atomic mass is 9.96. The predicted molar refractivity (Wildman–Crippen MR) is 88.8 cm³/mol. The van der Waals surface area contributed by atoms with Crippen LogP contribution >= 0.6 is 15.9 Å². The van der Waals surface area contributed by atoms with E-state index in [4.69, 9.17) is 4.74 Å². The van der Waals surface area contributed by atoms with Gasteiger partial charge in [0, 0.05) is 31.1 Å². The largest absolute Gasteiger partial charge is 0.379 e. The van der Waals surface area contributed by atoms with Gasteiger partial charge in [-0.1, -0.05) is 20.8 Å². The topological polar surface area (TPSA) is 50.3 Å². The zero-order chi connectivity index (χ0) is 15.3. The second kappa shape index (κ2) is 7.51. The van der Waals surface area contributed by atoms with Gasteiger partial charge >= 0.3 is 0 Å². The predicted octanol–water partition coefficient (Wildman–Crippen LogP) is 2.67. The lowest BCUT2D eigenvalue weighted by Gasteiger charge is -2.26. The van der Waals surface area contributed by atoms with Gasteiger partial charge in [-0.05, 0) is 28.9 Å². The van der Waals surface area contributed by atoms with Crippen LogP contribution in [-0.4, -0.2) is 54.3 Å². The van der Waals surface area contributed by atoms with Crippen molar-refractivity contribution < 1.29 is 4.74 Å². The van der Waals surface area contributed by atoms with E-state index < -0.39 is 0 Å². The molecule has 5 nitrogen and oxygen atoms in total. The van der Waals surface area contributed by atoms with Crippen molar-refractivity contribution in [2.75, 3.05) is 44.7 Å². The third-order valence-electron chi connectivity index (χ3n) is 3.43. The van der Waals surface area contributed by atoms with Gasteiger partial charge < -0.3 is 10.1 Å². The molecule has 1 fully saturated rings. The molecule has 2 rings (SSSR count). The molecule has 0 unspecified atom stereocenters. The maximum Gasteiger partial charge on any atom is 0.137 e. The Morgan fingerprint density at radius 2 is 2.00 bits per heavy atom. The second-order valence-electron chi connectivity index (χ2n) is 6.38. The smallest absolute Gasteiger partial charge is 0.137 e. The summed E-state index contributed by atoms with van der Waals surface area (Å²) in [5.41, 5.74) is -0.0476. The Kier molecular flexibility index (Phi) is 5.96. The van der Waals surface area contributed by atoms with Crippen molar-refractivity contribution in [2.45, 2.75) is 32.6 Å². The molecule has 0 bridgehead atoms. The molecule has 1 aromatic rings. The summed E-state index contributed by atoms with van der Waals surface area (Å²) in [7, 11) is 0. The van der Waals surface area contributed by atoms with Gasteiger partial charge in [0.15, 0.2) is 0 Å². The summed E-state index contributed by atoms with van der Waals surface area (Å²) in [5, 5.41) is 3.40. The van der Waals surface area contributed by atoms with Gasteiger partial charge in [-0.25, -0.2) is 9.97 Å². The minimum atomic E-state index is -0.0476. The second-order valence-corrected chi connectivity index (χ2v) is 7.20. The maximum atomic E-state index is 5.35. The Bertz CT molecular complexity index is 455. The molecule has 0 aromatic carbocycles. The van der Waals surface area contributed by atoms with Crippen LogP contribution in [0.4, 0.5) is 5.82 Å². The summed E-state index contributed by atoms with van der Waals surface area (Å²) in [4.78, 5) is 11.5. The van der Waals surface area contributed by atoms with Crippen molar-refractivity contribution >= 4 is 21.7 Å². The van der Waals surface area contributed by atoms with Gasteiger partial charge in [0.05, 0.1) is 13.2 Å². The molecule has 0 saturated carbocycles. The fourth-order valence-corrected chi connectivity index (χ4v) is 2.57. The highest BCUT2D eigenvalue weighted by molar-refractivity contribution is 9.10. The minimum Gasteiger partial charge on any atom is -0.379 e. The SMILES string of the molecule is CC(C)(C)c1nc(Br)cc(NCCCN2CCOCC2)n1. The Labute approximate surface area is 135 Å². The van der Waals surface area contributed by atoms with E-state index in [9.17, 15) is 0 Å². The fourth-order valence-electron chi connectivity index (χ4n) is 2.19. The van der Waals surface area contributed by atoms with Crippen molar-refractivity contribution in [1.29, 1.82) is 0 Å². The summed E-state index contributed by atoms with van der Waals surface area (Å²) in [6.45, 7) is 12.2. The molecule has 0 radical (unpaired) electrons. The van der Waals surface area contributed by atoms with Crippen LogP contribution in [0, 0.1) is 0 Å². The molecule has 0 amide bonds. The number of nitrogens with one attached hydrogen (secondary N) is 1. The average Bonchev–Trinajstić information content (AvgIpc) is 2.43. The number of ether oxygens (including phenoxy) is 1. The fraction of sp³-hybridized carbons (Fsp3) is 0.733. The zero-order valence-corrected chi connectivity index (χ0v) is 14.7. The highest BCUT2D eigenvalue weighted by Gasteiger charge is 2.18. The van der Waals surface area contributed by atoms with Gasteiger partial charge in [-0.2, -0.15) is 0 Å². The summed E-state index contributed by atoms with van der Waals surface area (Å²) < 4.78 is 6.19. The van der Waals surface area contributed by atoms with Gasteiger partial charge in [0.1, 0.15) is 16.2 Å². The van der Waals surface area contributed by atoms with E-state index in [1.165, 1.54) is 0 Å². The molecule has 118 valence electrons. The van der Waals surface area contributed by atoms with Crippen molar-refractivity contribution in [3.8, 4) is 0 Å². The van der Waals surface area contributed by atoms with E-state index in [2.05, 4.69) is 56.9 Å². The zero-order valence-electron chi connectivity index (χ0n) is 13.2. The van der Waals surface area contributed by atoms with Gasteiger partial charge in [0.25, 0.3) is 0 Å². The molecular formula is C15H25BrN4O. The number of anilines is 1. The van der Waals surface area contributed by atoms with E-state index in [-0.39, 0.29) is 5.41 Å². The average molecular weight is 357 g/mol. The molecule has 0 spiro atoms. The first-order valence-corrected chi connectivity index (χ1v) is 8.33. The van der Waals surface area contributed by atoms with Crippen LogP contribution in [-0.2, 0) is 10.2 Å². The third-order valence-corrected chi connectivity index (χ3v) is 3.83. The van der Waals surface area contributed by atoms with Crippen molar-refractivity contribution in [2.24, 2.45) is 0 Å². The monoisotopic (exact) mass is 356 g/mol. The lowest BCUT2D eigenvalue weighted by Crippen LogP contribution is -2.37. The van der Waals surface area contributed by atoms with Crippen LogP contribution in [0.1, 0.15) is 33.0 Å². The van der Waals surface area contributed by atoms with E-state index in [1.54, 1.807) is 0 Å². The van der Waals surface area contributed by atoms with Crippen LogP contribution in [0.15, 0.2) is 10.7 Å². The molecule has 0 atom stereocenters.